The fourth-order valence-corrected chi connectivity index (χ4v) is 1.26. The highest BCUT2D eigenvalue weighted by molar-refractivity contribution is 6.31. The van der Waals surface area contributed by atoms with Gasteiger partial charge in [-0.05, 0) is 18.2 Å². The lowest BCUT2D eigenvalue weighted by molar-refractivity contribution is 0.0945. The molecule has 0 spiro atoms. The third-order valence-electron chi connectivity index (χ3n) is 1.58. The van der Waals surface area contributed by atoms with E-state index in [1.54, 1.807) is 6.07 Å². The minimum absolute atomic E-state index is 0.0954. The van der Waals surface area contributed by atoms with Crippen molar-refractivity contribution in [3.05, 3.63) is 28.8 Å². The number of anilines is 1. The number of aliphatic hydroxyl groups is 1. The molecule has 76 valence electrons. The van der Waals surface area contributed by atoms with Crippen molar-refractivity contribution in [1.29, 1.82) is 0 Å². The Kier molecular flexibility index (Phi) is 3.73. The molecule has 0 aliphatic heterocycles. The maximum absolute atomic E-state index is 11.4. The molecule has 1 aromatic carbocycles. The zero-order valence-corrected chi connectivity index (χ0v) is 8.21. The largest absolute Gasteiger partial charge is 0.399 e. The van der Waals surface area contributed by atoms with Gasteiger partial charge in [0.15, 0.2) is 0 Å². The van der Waals surface area contributed by atoms with Crippen molar-refractivity contribution in [1.82, 2.24) is 5.32 Å². The lowest BCUT2D eigenvalue weighted by Crippen LogP contribution is -2.26. The van der Waals surface area contributed by atoms with Crippen LogP contribution >= 0.6 is 11.6 Å². The average molecular weight is 215 g/mol. The highest BCUT2D eigenvalue weighted by Crippen LogP contribution is 2.16. The first-order valence-corrected chi connectivity index (χ1v) is 4.46. The van der Waals surface area contributed by atoms with E-state index < -0.39 is 0 Å². The van der Waals surface area contributed by atoms with E-state index >= 15 is 0 Å². The van der Waals surface area contributed by atoms with E-state index in [0.29, 0.717) is 16.3 Å². The van der Waals surface area contributed by atoms with Gasteiger partial charge in [0.05, 0.1) is 6.61 Å². The maximum atomic E-state index is 11.4. The molecule has 0 heterocycles. The Hall–Kier alpha value is -1.26. The van der Waals surface area contributed by atoms with Crippen LogP contribution in [0.4, 0.5) is 5.69 Å². The number of carbonyl (C=O) groups excluding carboxylic acids is 1. The van der Waals surface area contributed by atoms with Crippen LogP contribution in [0.3, 0.4) is 0 Å². The quantitative estimate of drug-likeness (QED) is 0.647. The van der Waals surface area contributed by atoms with Crippen molar-refractivity contribution in [2.24, 2.45) is 0 Å². The molecule has 1 aromatic rings. The summed E-state index contributed by atoms with van der Waals surface area (Å²) >= 11 is 5.72. The zero-order chi connectivity index (χ0) is 10.6. The van der Waals surface area contributed by atoms with E-state index in [4.69, 9.17) is 22.4 Å². The van der Waals surface area contributed by atoms with Crippen molar-refractivity contribution < 1.29 is 9.90 Å². The number of nitrogens with two attached hydrogens (primary N) is 1. The molecule has 0 saturated heterocycles. The van der Waals surface area contributed by atoms with Gasteiger partial charge in [0.2, 0.25) is 0 Å². The molecule has 0 unspecified atom stereocenters. The molecule has 0 aliphatic carbocycles. The first-order chi connectivity index (χ1) is 6.63. The molecule has 0 atom stereocenters. The molecular formula is C9H11ClN2O2. The van der Waals surface area contributed by atoms with Gasteiger partial charge in [-0.15, -0.1) is 0 Å². The second-order valence-electron chi connectivity index (χ2n) is 2.75. The second-order valence-corrected chi connectivity index (χ2v) is 3.19. The number of carbonyl (C=O) groups is 1. The first-order valence-electron chi connectivity index (χ1n) is 4.08. The number of nitrogen functional groups attached to an aromatic ring is 1. The third-order valence-corrected chi connectivity index (χ3v) is 1.80. The third kappa shape index (κ3) is 2.90. The van der Waals surface area contributed by atoms with Crippen LogP contribution in [-0.2, 0) is 0 Å². The minimum Gasteiger partial charge on any atom is -0.399 e. The summed E-state index contributed by atoms with van der Waals surface area (Å²) < 4.78 is 0. The molecule has 4 nitrogen and oxygen atoms in total. The van der Waals surface area contributed by atoms with Crippen molar-refractivity contribution >= 4 is 23.2 Å². The van der Waals surface area contributed by atoms with Crippen LogP contribution in [0.1, 0.15) is 10.4 Å². The Morgan fingerprint density at radius 3 is 2.79 bits per heavy atom. The number of amides is 1. The average Bonchev–Trinajstić information content (AvgIpc) is 2.12. The van der Waals surface area contributed by atoms with E-state index in [1.165, 1.54) is 12.1 Å². The first kappa shape index (κ1) is 10.8. The highest BCUT2D eigenvalue weighted by Gasteiger charge is 2.05. The monoisotopic (exact) mass is 214 g/mol. The Labute approximate surface area is 86.7 Å². The number of hydrogen-bond donors (Lipinski definition) is 3. The second kappa shape index (κ2) is 4.83. The molecule has 14 heavy (non-hydrogen) atoms. The summed E-state index contributed by atoms with van der Waals surface area (Å²) in [6, 6.07) is 4.60. The summed E-state index contributed by atoms with van der Waals surface area (Å²) in [6.45, 7) is 0.118. The summed E-state index contributed by atoms with van der Waals surface area (Å²) in [5.41, 5.74) is 6.34. The van der Waals surface area contributed by atoms with Gasteiger partial charge in [0.1, 0.15) is 0 Å². The van der Waals surface area contributed by atoms with Gasteiger partial charge < -0.3 is 16.2 Å². The summed E-state index contributed by atoms with van der Waals surface area (Å²) in [7, 11) is 0. The predicted octanol–water partition coefficient (Wildman–Crippen LogP) is 0.644. The van der Waals surface area contributed by atoms with Gasteiger partial charge in [0, 0.05) is 22.8 Å². The Balaban J connectivity index is 2.79. The molecule has 0 bridgehead atoms. The fourth-order valence-electron chi connectivity index (χ4n) is 1.01. The molecule has 0 aliphatic rings. The van der Waals surface area contributed by atoms with Crippen LogP contribution in [0.2, 0.25) is 5.02 Å². The Morgan fingerprint density at radius 1 is 1.50 bits per heavy atom. The minimum atomic E-state index is -0.298. The van der Waals surface area contributed by atoms with Crippen molar-refractivity contribution in [3.8, 4) is 0 Å². The molecule has 0 aromatic heterocycles. The van der Waals surface area contributed by atoms with E-state index in [0.717, 1.165) is 0 Å². The van der Waals surface area contributed by atoms with Crippen LogP contribution in [-0.4, -0.2) is 24.2 Å². The molecular weight excluding hydrogens is 204 g/mol. The summed E-state index contributed by atoms with van der Waals surface area (Å²) in [4.78, 5) is 11.4. The van der Waals surface area contributed by atoms with Gasteiger partial charge in [-0.3, -0.25) is 4.79 Å². The molecule has 5 heteroatoms. The maximum Gasteiger partial charge on any atom is 0.251 e. The standard InChI is InChI=1S/C9H11ClN2O2/c10-7-3-6(4-8(11)5-7)9(14)12-1-2-13/h3-5,13H,1-2,11H2,(H,12,14). The number of nitrogens with one attached hydrogen (secondary N) is 1. The van der Waals surface area contributed by atoms with Gasteiger partial charge in [0.25, 0.3) is 5.91 Å². The van der Waals surface area contributed by atoms with Gasteiger partial charge in [-0.2, -0.15) is 0 Å². The molecule has 0 saturated carbocycles. The number of rotatable bonds is 3. The lowest BCUT2D eigenvalue weighted by Gasteiger charge is -2.04. The van der Waals surface area contributed by atoms with Gasteiger partial charge >= 0.3 is 0 Å². The smallest absolute Gasteiger partial charge is 0.251 e. The van der Waals surface area contributed by atoms with Crippen LogP contribution < -0.4 is 11.1 Å². The molecule has 0 fully saturated rings. The fraction of sp³-hybridized carbons (Fsp3) is 0.222. The summed E-state index contributed by atoms with van der Waals surface area (Å²) in [6.07, 6.45) is 0. The highest BCUT2D eigenvalue weighted by atomic mass is 35.5. The van der Waals surface area contributed by atoms with Crippen molar-refractivity contribution in [2.75, 3.05) is 18.9 Å². The van der Waals surface area contributed by atoms with Crippen LogP contribution in [0.15, 0.2) is 18.2 Å². The SMILES string of the molecule is Nc1cc(Cl)cc(C(=O)NCCO)c1. The summed E-state index contributed by atoms with van der Waals surface area (Å²) in [5, 5.41) is 11.4. The van der Waals surface area contributed by atoms with Crippen molar-refractivity contribution in [3.63, 3.8) is 0 Å². The Bertz CT molecular complexity index is 321. The van der Waals surface area contributed by atoms with Gasteiger partial charge in [-0.1, -0.05) is 11.6 Å². The van der Waals surface area contributed by atoms with Crippen molar-refractivity contribution in [2.45, 2.75) is 0 Å². The topological polar surface area (TPSA) is 75.4 Å². The van der Waals surface area contributed by atoms with E-state index in [-0.39, 0.29) is 19.1 Å². The molecule has 4 N–H and O–H groups in total. The van der Waals surface area contributed by atoms with E-state index in [2.05, 4.69) is 5.32 Å². The number of aliphatic hydroxyl groups excluding tert-OH is 1. The zero-order valence-electron chi connectivity index (χ0n) is 7.46. The normalized spacial score (nSPS) is 9.86. The van der Waals surface area contributed by atoms with Crippen LogP contribution in [0, 0.1) is 0 Å². The van der Waals surface area contributed by atoms with Crippen LogP contribution in [0.5, 0.6) is 0 Å². The molecule has 1 amide bonds. The van der Waals surface area contributed by atoms with Crippen LogP contribution in [0.25, 0.3) is 0 Å². The predicted molar refractivity (Wildman–Crippen MR) is 55.3 cm³/mol. The van der Waals surface area contributed by atoms with Gasteiger partial charge in [-0.25, -0.2) is 0 Å². The number of halogens is 1. The number of benzene rings is 1. The Morgan fingerprint density at radius 2 is 2.21 bits per heavy atom. The molecule has 1 rings (SSSR count). The van der Waals surface area contributed by atoms with E-state index in [9.17, 15) is 4.79 Å². The summed E-state index contributed by atoms with van der Waals surface area (Å²) in [5.74, 6) is -0.298. The van der Waals surface area contributed by atoms with E-state index in [1.807, 2.05) is 0 Å². The lowest BCUT2D eigenvalue weighted by atomic mass is 10.2. The molecule has 0 radical (unpaired) electrons. The number of hydrogen-bond acceptors (Lipinski definition) is 3.